The van der Waals surface area contributed by atoms with Gasteiger partial charge in [-0.15, -0.1) is 11.3 Å². The Kier molecular flexibility index (Phi) is 4.18. The molecule has 116 valence electrons. The summed E-state index contributed by atoms with van der Waals surface area (Å²) in [6, 6.07) is 16.1. The van der Waals surface area contributed by atoms with Crippen LogP contribution in [-0.4, -0.2) is 0 Å². The third-order valence-corrected chi connectivity index (χ3v) is 5.31. The quantitative estimate of drug-likeness (QED) is 0.594. The van der Waals surface area contributed by atoms with Crippen LogP contribution in [0.25, 0.3) is 20.9 Å². The second kappa shape index (κ2) is 6.13. The van der Waals surface area contributed by atoms with E-state index < -0.39 is 0 Å². The van der Waals surface area contributed by atoms with Crippen molar-refractivity contribution in [1.29, 1.82) is 0 Å². The molecule has 1 heterocycles. The minimum Gasteiger partial charge on any atom is -0.290 e. The molecule has 3 rings (SSSR count). The van der Waals surface area contributed by atoms with Crippen molar-refractivity contribution in [3.63, 3.8) is 0 Å². The highest BCUT2D eigenvalue weighted by atomic mass is 32.1. The van der Waals surface area contributed by atoms with Crippen LogP contribution in [0.1, 0.15) is 22.3 Å². The molecule has 0 radical (unpaired) electrons. The molecule has 0 saturated carbocycles. The summed E-state index contributed by atoms with van der Waals surface area (Å²) >= 11 is 1.70. The first-order chi connectivity index (χ1) is 11.0. The third kappa shape index (κ3) is 2.99. The first kappa shape index (κ1) is 15.7. The van der Waals surface area contributed by atoms with E-state index in [1.807, 2.05) is 0 Å². The minimum atomic E-state index is 0.0686. The molecule has 1 nitrogen and oxygen atoms in total. The van der Waals surface area contributed by atoms with E-state index in [2.05, 4.69) is 64.1 Å². The maximum Gasteiger partial charge on any atom is 0.181 e. The maximum atomic E-state index is 12.3. The first-order valence-corrected chi connectivity index (χ1v) is 8.57. The Morgan fingerprint density at radius 1 is 0.652 bits per heavy atom. The fourth-order valence-electron chi connectivity index (χ4n) is 3.13. The van der Waals surface area contributed by atoms with Crippen LogP contribution < -0.4 is 5.43 Å². The molecule has 0 aliphatic heterocycles. The highest BCUT2D eigenvalue weighted by Crippen LogP contribution is 2.36. The Hall–Kier alpha value is -2.19. The Morgan fingerprint density at radius 2 is 1.00 bits per heavy atom. The van der Waals surface area contributed by atoms with Crippen molar-refractivity contribution in [3.05, 3.63) is 81.0 Å². The SMILES string of the molecule is Cc1cccc(C)c1-c1cc(=O)cc(-c2c(C)cccc2C)s1. The fraction of sp³-hybridized carbons (Fsp3) is 0.190. The van der Waals surface area contributed by atoms with Gasteiger partial charge in [-0.25, -0.2) is 0 Å². The van der Waals surface area contributed by atoms with Crippen LogP contribution in [0.2, 0.25) is 0 Å². The van der Waals surface area contributed by atoms with Gasteiger partial charge in [0.25, 0.3) is 0 Å². The van der Waals surface area contributed by atoms with Crippen LogP contribution in [0.4, 0.5) is 0 Å². The highest BCUT2D eigenvalue weighted by molar-refractivity contribution is 7.18. The van der Waals surface area contributed by atoms with E-state index in [-0.39, 0.29) is 5.43 Å². The lowest BCUT2D eigenvalue weighted by atomic mass is 10.0. The van der Waals surface area contributed by atoms with Crippen LogP contribution in [-0.2, 0) is 0 Å². The summed E-state index contributed by atoms with van der Waals surface area (Å²) in [6.45, 7) is 8.41. The zero-order chi connectivity index (χ0) is 16.6. The summed E-state index contributed by atoms with van der Waals surface area (Å²) in [5, 5.41) is 0. The predicted molar refractivity (Wildman–Crippen MR) is 100 cm³/mol. The van der Waals surface area contributed by atoms with Crippen molar-refractivity contribution < 1.29 is 0 Å². The van der Waals surface area contributed by atoms with Gasteiger partial charge >= 0.3 is 0 Å². The van der Waals surface area contributed by atoms with E-state index >= 15 is 0 Å². The average molecular weight is 320 g/mol. The van der Waals surface area contributed by atoms with Crippen molar-refractivity contribution in [3.8, 4) is 20.9 Å². The van der Waals surface area contributed by atoms with Gasteiger partial charge in [0.15, 0.2) is 5.43 Å². The predicted octanol–water partition coefficient (Wildman–Crippen LogP) is 5.68. The molecular weight excluding hydrogens is 300 g/mol. The van der Waals surface area contributed by atoms with Gasteiger partial charge in [-0.3, -0.25) is 4.79 Å². The molecule has 1 aromatic heterocycles. The minimum absolute atomic E-state index is 0.0686. The number of rotatable bonds is 2. The van der Waals surface area contributed by atoms with Gasteiger partial charge in [0.2, 0.25) is 0 Å². The Morgan fingerprint density at radius 3 is 1.35 bits per heavy atom. The standard InChI is InChI=1S/C21H20OS/c1-13-7-5-8-14(2)20(13)18-11-17(22)12-19(23-18)21-15(3)9-6-10-16(21)4/h5-12H,1-4H3. The van der Waals surface area contributed by atoms with Crippen LogP contribution in [0.3, 0.4) is 0 Å². The molecule has 0 unspecified atom stereocenters. The van der Waals surface area contributed by atoms with Crippen molar-refractivity contribution in [2.45, 2.75) is 27.7 Å². The number of benzene rings is 2. The van der Waals surface area contributed by atoms with Crippen LogP contribution >= 0.6 is 11.3 Å². The molecule has 2 aromatic carbocycles. The molecule has 3 aromatic rings. The lowest BCUT2D eigenvalue weighted by Crippen LogP contribution is -1.99. The van der Waals surface area contributed by atoms with Crippen LogP contribution in [0.5, 0.6) is 0 Å². The fourth-order valence-corrected chi connectivity index (χ4v) is 4.57. The van der Waals surface area contributed by atoms with E-state index in [9.17, 15) is 4.79 Å². The van der Waals surface area contributed by atoms with Crippen molar-refractivity contribution in [1.82, 2.24) is 0 Å². The van der Waals surface area contributed by atoms with E-state index in [1.165, 1.54) is 33.4 Å². The summed E-state index contributed by atoms with van der Waals surface area (Å²) < 4.78 is 0. The highest BCUT2D eigenvalue weighted by Gasteiger charge is 2.12. The smallest absolute Gasteiger partial charge is 0.181 e. The summed E-state index contributed by atoms with van der Waals surface area (Å²) in [5.41, 5.74) is 7.27. The zero-order valence-electron chi connectivity index (χ0n) is 13.9. The Bertz CT molecular complexity index is 822. The molecule has 0 fully saturated rings. The zero-order valence-corrected chi connectivity index (χ0v) is 14.8. The van der Waals surface area contributed by atoms with Gasteiger partial charge < -0.3 is 0 Å². The molecule has 0 amide bonds. The molecule has 0 atom stereocenters. The molecule has 0 spiro atoms. The largest absolute Gasteiger partial charge is 0.290 e. The lowest BCUT2D eigenvalue weighted by molar-refractivity contribution is 1.38. The van der Waals surface area contributed by atoms with Gasteiger partial charge in [0.1, 0.15) is 0 Å². The molecule has 23 heavy (non-hydrogen) atoms. The molecule has 0 aliphatic carbocycles. The number of hydrogen-bond acceptors (Lipinski definition) is 2. The van der Waals surface area contributed by atoms with Crippen LogP contribution in [0.15, 0.2) is 53.3 Å². The molecule has 2 heteroatoms. The Labute approximate surface area is 141 Å². The Balaban J connectivity index is 2.28. The summed E-state index contributed by atoms with van der Waals surface area (Å²) in [6.07, 6.45) is 0. The van der Waals surface area contributed by atoms with Crippen molar-refractivity contribution in [2.75, 3.05) is 0 Å². The summed E-state index contributed by atoms with van der Waals surface area (Å²) in [7, 11) is 0. The van der Waals surface area contributed by atoms with Gasteiger partial charge in [-0.05, 0) is 61.1 Å². The summed E-state index contributed by atoms with van der Waals surface area (Å²) in [5.74, 6) is 0. The second-order valence-electron chi connectivity index (χ2n) is 6.06. The molecule has 0 N–H and O–H groups in total. The van der Waals surface area contributed by atoms with E-state index in [4.69, 9.17) is 0 Å². The second-order valence-corrected chi connectivity index (χ2v) is 7.14. The molecule has 0 bridgehead atoms. The first-order valence-electron chi connectivity index (χ1n) is 7.76. The van der Waals surface area contributed by atoms with Gasteiger partial charge in [-0.1, -0.05) is 36.4 Å². The topological polar surface area (TPSA) is 17.1 Å². The van der Waals surface area contributed by atoms with Gasteiger partial charge in [0, 0.05) is 21.9 Å². The number of aryl methyl sites for hydroxylation is 4. The van der Waals surface area contributed by atoms with Gasteiger partial charge in [0.05, 0.1) is 0 Å². The van der Waals surface area contributed by atoms with Crippen molar-refractivity contribution in [2.24, 2.45) is 0 Å². The van der Waals surface area contributed by atoms with E-state index in [0.717, 1.165) is 9.75 Å². The van der Waals surface area contributed by atoms with Gasteiger partial charge in [-0.2, -0.15) is 0 Å². The van der Waals surface area contributed by atoms with E-state index in [1.54, 1.807) is 23.5 Å². The van der Waals surface area contributed by atoms with E-state index in [0.29, 0.717) is 0 Å². The third-order valence-electron chi connectivity index (χ3n) is 4.22. The average Bonchev–Trinajstić information content (AvgIpc) is 2.46. The number of hydrogen-bond donors (Lipinski definition) is 0. The van der Waals surface area contributed by atoms with Crippen molar-refractivity contribution >= 4 is 11.3 Å². The van der Waals surface area contributed by atoms with Crippen LogP contribution in [0, 0.1) is 27.7 Å². The molecule has 0 aliphatic rings. The lowest BCUT2D eigenvalue weighted by Gasteiger charge is -2.13. The molecular formula is C21H20OS. The molecule has 0 saturated heterocycles. The maximum absolute atomic E-state index is 12.3. The monoisotopic (exact) mass is 320 g/mol. The normalized spacial score (nSPS) is 10.8. The summed E-state index contributed by atoms with van der Waals surface area (Å²) in [4.78, 5) is 14.4.